The van der Waals surface area contributed by atoms with Gasteiger partial charge in [0.25, 0.3) is 11.8 Å². The Morgan fingerprint density at radius 2 is 1.30 bits per heavy atom. The molecule has 2 bridgehead atoms. The molecule has 0 unspecified atom stereocenters. The van der Waals surface area contributed by atoms with Crippen molar-refractivity contribution in [3.8, 4) is 11.5 Å². The van der Waals surface area contributed by atoms with Crippen molar-refractivity contribution >= 4 is 49.0 Å². The first-order valence-electron chi connectivity index (χ1n) is 17.4. The molecule has 1 atom stereocenters. The largest absolute Gasteiger partial charge is 0.508 e. The molecule has 0 radical (unpaired) electrons. The van der Waals surface area contributed by atoms with Crippen LogP contribution in [0.5, 0.6) is 11.5 Å². The number of hydrogen-bond donors (Lipinski definition) is 2. The zero-order valence-corrected chi connectivity index (χ0v) is 33.5. The van der Waals surface area contributed by atoms with Crippen LogP contribution in [0.3, 0.4) is 0 Å². The lowest BCUT2D eigenvalue weighted by atomic mass is 9.59. The minimum atomic E-state index is -3.97. The van der Waals surface area contributed by atoms with Gasteiger partial charge in [0.15, 0.2) is 13.2 Å². The van der Waals surface area contributed by atoms with Gasteiger partial charge in [-0.05, 0) is 91.5 Å². The molecule has 3 aliphatic carbocycles. The summed E-state index contributed by atoms with van der Waals surface area (Å²) in [6.45, 7) is 9.08. The third-order valence-corrected chi connectivity index (χ3v) is 11.0. The third-order valence-electron chi connectivity index (χ3n) is 8.37. The van der Waals surface area contributed by atoms with E-state index < -0.39 is 79.0 Å². The van der Waals surface area contributed by atoms with E-state index in [0.717, 1.165) is 12.1 Å². The summed E-state index contributed by atoms with van der Waals surface area (Å²) >= 11 is 11.5. The van der Waals surface area contributed by atoms with Crippen LogP contribution in [0.4, 0.5) is 13.6 Å². The van der Waals surface area contributed by atoms with Crippen molar-refractivity contribution in [2.24, 2.45) is 0 Å². The van der Waals surface area contributed by atoms with Crippen molar-refractivity contribution < 1.29 is 60.2 Å². The maximum absolute atomic E-state index is 13.9. The van der Waals surface area contributed by atoms with Gasteiger partial charge >= 0.3 is 14.0 Å². The van der Waals surface area contributed by atoms with E-state index >= 15 is 0 Å². The van der Waals surface area contributed by atoms with Crippen molar-refractivity contribution in [2.45, 2.75) is 108 Å². The number of phosphoric ester groups is 1. The van der Waals surface area contributed by atoms with Crippen LogP contribution in [0.15, 0.2) is 36.4 Å². The predicted octanol–water partition coefficient (Wildman–Crippen LogP) is 8.08. The molecule has 2 aromatic rings. The Kier molecular flexibility index (Phi) is 14.3. The highest BCUT2D eigenvalue weighted by Gasteiger charge is 2.57. The lowest BCUT2D eigenvalue weighted by Gasteiger charge is -2.56. The number of rotatable bonds is 16. The second kappa shape index (κ2) is 17.7. The van der Waals surface area contributed by atoms with Gasteiger partial charge in [0.05, 0.1) is 40.0 Å². The first-order valence-corrected chi connectivity index (χ1v) is 19.6. The van der Waals surface area contributed by atoms with Crippen LogP contribution in [0.25, 0.3) is 0 Å². The number of benzene rings is 2. The molecular formula is C36H47Cl2F2N2O11P. The van der Waals surface area contributed by atoms with Crippen LogP contribution in [-0.4, -0.2) is 72.8 Å². The topological polar surface area (TPSA) is 157 Å². The summed E-state index contributed by atoms with van der Waals surface area (Å²) in [5.74, 6) is -2.24. The van der Waals surface area contributed by atoms with E-state index in [0.29, 0.717) is 25.7 Å². The molecule has 2 N–H and O–H groups in total. The Morgan fingerprint density at radius 3 is 1.78 bits per heavy atom. The summed E-state index contributed by atoms with van der Waals surface area (Å²) in [6.07, 6.45) is -0.313. The average molecular weight is 824 g/mol. The number of fused-ring (bicyclic) bond motifs is 3. The number of hydrogen-bond acceptors (Lipinski definition) is 11. The molecular weight excluding hydrogens is 776 g/mol. The summed E-state index contributed by atoms with van der Waals surface area (Å²) in [5, 5.41) is 5.75. The fourth-order valence-electron chi connectivity index (χ4n) is 6.15. The van der Waals surface area contributed by atoms with Gasteiger partial charge in [-0.25, -0.2) is 18.1 Å². The highest BCUT2D eigenvalue weighted by atomic mass is 35.5. The van der Waals surface area contributed by atoms with Gasteiger partial charge in [-0.2, -0.15) is 0 Å². The summed E-state index contributed by atoms with van der Waals surface area (Å²) in [5.41, 5.74) is -3.52. The van der Waals surface area contributed by atoms with Gasteiger partial charge in [-0.3, -0.25) is 23.2 Å². The summed E-state index contributed by atoms with van der Waals surface area (Å²) in [6, 6.07) is 7.59. The molecule has 3 saturated carbocycles. The Morgan fingerprint density at radius 1 is 0.796 bits per heavy atom. The maximum Gasteiger partial charge on any atom is 0.508 e. The van der Waals surface area contributed by atoms with Crippen molar-refractivity contribution in [3.05, 3.63) is 58.1 Å². The quantitative estimate of drug-likeness (QED) is 0.0959. The fourth-order valence-corrected chi connectivity index (χ4v) is 8.22. The Bertz CT molecular complexity index is 1690. The number of nitrogens with one attached hydrogen (secondary N) is 2. The highest BCUT2D eigenvalue weighted by Crippen LogP contribution is 2.55. The number of phosphoric acid groups is 1. The lowest BCUT2D eigenvalue weighted by Crippen LogP contribution is -2.71. The van der Waals surface area contributed by atoms with Gasteiger partial charge in [-0.1, -0.05) is 23.2 Å². The minimum Gasteiger partial charge on any atom is -0.484 e. The van der Waals surface area contributed by atoms with Gasteiger partial charge in [0.2, 0.25) is 0 Å². The first-order chi connectivity index (χ1) is 25.1. The van der Waals surface area contributed by atoms with Crippen LogP contribution in [0.2, 0.25) is 10.0 Å². The molecule has 0 heterocycles. The van der Waals surface area contributed by atoms with Crippen molar-refractivity contribution in [3.63, 3.8) is 0 Å². The summed E-state index contributed by atoms with van der Waals surface area (Å²) in [7, 11) is -3.97. The molecule has 54 heavy (non-hydrogen) atoms. The number of carbonyl (C=O) groups excluding carboxylic acids is 3. The van der Waals surface area contributed by atoms with E-state index in [1.807, 2.05) is 0 Å². The molecule has 0 spiro atoms. The van der Waals surface area contributed by atoms with Crippen molar-refractivity contribution in [1.29, 1.82) is 0 Å². The molecule has 2 aromatic carbocycles. The standard InChI is InChI=1S/C36H47Cl2F2N2O11P/c1-33(2,3)52-54(46,53-34(4,5)6)50-17-7-16-47-32(45)51-29-20-35(41-30(43)21-48-23-8-10-25(37)27(39)18-23)12-14-36(29,15-13-35)42-31(44)22-49-24-9-11-26(38)28(40)19-24/h8-11,18-19,29H,7,12-17,20-22H2,1-6H3,(H,41,43)(H,42,44)/t29-,35?,36?/m0/s1. The second-order valence-corrected chi connectivity index (χ2v) is 17.5. The smallest absolute Gasteiger partial charge is 0.484 e. The Labute approximate surface area is 323 Å². The highest BCUT2D eigenvalue weighted by molar-refractivity contribution is 7.48. The molecule has 3 fully saturated rings. The lowest BCUT2D eigenvalue weighted by molar-refractivity contribution is -0.139. The summed E-state index contributed by atoms with van der Waals surface area (Å²) in [4.78, 5) is 39.2. The molecule has 13 nitrogen and oxygen atoms in total. The van der Waals surface area contributed by atoms with E-state index in [1.54, 1.807) is 41.5 Å². The number of halogens is 4. The second-order valence-electron chi connectivity index (χ2n) is 15.2. The van der Waals surface area contributed by atoms with E-state index in [2.05, 4.69) is 10.6 Å². The Balaban J connectivity index is 1.38. The van der Waals surface area contributed by atoms with Crippen LogP contribution >= 0.6 is 31.0 Å². The number of carbonyl (C=O) groups is 3. The third kappa shape index (κ3) is 12.9. The minimum absolute atomic E-state index is 0.0868. The van der Waals surface area contributed by atoms with Gasteiger partial charge in [-0.15, -0.1) is 0 Å². The predicted molar refractivity (Wildman–Crippen MR) is 195 cm³/mol. The molecule has 18 heteroatoms. The fraction of sp³-hybridized carbons (Fsp3) is 0.583. The van der Waals surface area contributed by atoms with Crippen LogP contribution in [0, 0.1) is 11.6 Å². The summed E-state index contributed by atoms with van der Waals surface area (Å²) < 4.78 is 79.8. The average Bonchev–Trinajstić information content (AvgIpc) is 3.04. The maximum atomic E-state index is 13.9. The SMILES string of the molecule is CC(C)(C)OP(=O)(OCCCOC(=O)O[C@H]1CC2(NC(=O)COc3ccc(Cl)c(F)c3)CCC1(NC(=O)COc1ccc(Cl)c(F)c1)CC2)OC(C)(C)C. The number of ether oxygens (including phenoxy) is 4. The van der Waals surface area contributed by atoms with Crippen molar-refractivity contribution in [2.75, 3.05) is 26.4 Å². The van der Waals surface area contributed by atoms with E-state index in [9.17, 15) is 27.7 Å². The first kappa shape index (κ1) is 43.5. The molecule has 0 saturated heterocycles. The molecule has 0 aromatic heterocycles. The van der Waals surface area contributed by atoms with Crippen LogP contribution in [-0.2, 0) is 37.2 Å². The van der Waals surface area contributed by atoms with Crippen molar-refractivity contribution in [1.82, 2.24) is 10.6 Å². The normalized spacial score (nSPS) is 21.3. The monoisotopic (exact) mass is 822 g/mol. The van der Waals surface area contributed by atoms with E-state index in [4.69, 9.17) is 55.7 Å². The zero-order chi connectivity index (χ0) is 40.0. The van der Waals surface area contributed by atoms with E-state index in [-0.39, 0.29) is 47.6 Å². The molecule has 3 aliphatic rings. The molecule has 300 valence electrons. The Hall–Kier alpha value is -3.20. The van der Waals surface area contributed by atoms with Crippen LogP contribution in [0.1, 0.15) is 80.1 Å². The number of amides is 2. The van der Waals surface area contributed by atoms with Gasteiger partial charge in [0, 0.05) is 30.5 Å². The molecule has 0 aliphatic heterocycles. The van der Waals surface area contributed by atoms with Gasteiger partial charge in [0.1, 0.15) is 29.2 Å². The molecule has 2 amide bonds. The zero-order valence-electron chi connectivity index (χ0n) is 31.1. The van der Waals surface area contributed by atoms with Crippen LogP contribution < -0.4 is 20.1 Å². The molecule has 5 rings (SSSR count). The van der Waals surface area contributed by atoms with E-state index in [1.165, 1.54) is 24.3 Å². The van der Waals surface area contributed by atoms with Gasteiger partial charge < -0.3 is 29.6 Å².